The zero-order valence-electron chi connectivity index (χ0n) is 12.8. The lowest BCUT2D eigenvalue weighted by Gasteiger charge is -2.13. The first-order chi connectivity index (χ1) is 12.3. The minimum Gasteiger partial charge on any atom is -0.424 e. The molecule has 1 aliphatic heterocycles. The highest BCUT2D eigenvalue weighted by atomic mass is 35.5. The summed E-state index contributed by atoms with van der Waals surface area (Å²) in [6.07, 6.45) is 0. The number of ether oxygens (including phenoxy) is 1. The van der Waals surface area contributed by atoms with E-state index in [1.165, 1.54) is 30.3 Å². The molecule has 0 spiro atoms. The van der Waals surface area contributed by atoms with Crippen LogP contribution < -0.4 is 4.74 Å². The molecule has 0 saturated carbocycles. The molecule has 1 aliphatic rings. The Morgan fingerprint density at radius 2 is 1.81 bits per heavy atom. The van der Waals surface area contributed by atoms with E-state index in [9.17, 15) is 24.5 Å². The minimum absolute atomic E-state index is 0.000477. The molecule has 0 saturated heterocycles. The first-order valence-corrected chi connectivity index (χ1v) is 7.85. The van der Waals surface area contributed by atoms with E-state index in [4.69, 9.17) is 27.9 Å². The first-order valence-electron chi connectivity index (χ1n) is 7.09. The second kappa shape index (κ2) is 6.74. The molecule has 0 radical (unpaired) electrons. The summed E-state index contributed by atoms with van der Waals surface area (Å²) >= 11 is 11.7. The van der Waals surface area contributed by atoms with E-state index < -0.39 is 34.9 Å². The number of nitrogens with zero attached hydrogens (tertiary/aromatic N) is 2. The summed E-state index contributed by atoms with van der Waals surface area (Å²) in [6, 6.07) is 8.06. The third kappa shape index (κ3) is 3.00. The number of esters is 1. The van der Waals surface area contributed by atoms with Crippen molar-refractivity contribution in [3.8, 4) is 5.75 Å². The maximum absolute atomic E-state index is 12.4. The Labute approximate surface area is 156 Å². The van der Waals surface area contributed by atoms with E-state index in [0.29, 0.717) is 4.90 Å². The van der Waals surface area contributed by atoms with Gasteiger partial charge in [0.2, 0.25) is 0 Å². The van der Waals surface area contributed by atoms with E-state index in [1.807, 2.05) is 0 Å². The van der Waals surface area contributed by atoms with Gasteiger partial charge in [0.1, 0.15) is 17.1 Å². The van der Waals surface area contributed by atoms with Gasteiger partial charge in [-0.1, -0.05) is 35.3 Å². The van der Waals surface area contributed by atoms with E-state index >= 15 is 0 Å². The molecule has 0 fully saturated rings. The van der Waals surface area contributed by atoms with Crippen LogP contribution in [0.4, 0.5) is 5.69 Å². The number of fused-ring (bicyclic) bond motifs is 1. The van der Waals surface area contributed by atoms with Crippen LogP contribution in [0.25, 0.3) is 0 Å². The fourth-order valence-electron chi connectivity index (χ4n) is 2.46. The van der Waals surface area contributed by atoms with Gasteiger partial charge in [-0.2, -0.15) is 0 Å². The molecule has 132 valence electrons. The van der Waals surface area contributed by atoms with E-state index in [-0.39, 0.29) is 26.9 Å². The Hall–Kier alpha value is -2.97. The quantitative estimate of drug-likeness (QED) is 0.259. The second-order valence-corrected chi connectivity index (χ2v) is 5.96. The molecule has 1 heterocycles. The number of hydrogen-bond acceptors (Lipinski definition) is 6. The van der Waals surface area contributed by atoms with Gasteiger partial charge < -0.3 is 4.74 Å². The number of nitro benzene ring substituents is 1. The van der Waals surface area contributed by atoms with Gasteiger partial charge in [0.25, 0.3) is 17.5 Å². The zero-order valence-corrected chi connectivity index (χ0v) is 14.3. The number of hydrogen-bond donors (Lipinski definition) is 0. The molecule has 2 aromatic rings. The average molecular weight is 395 g/mol. The number of halogens is 2. The van der Waals surface area contributed by atoms with E-state index in [0.717, 1.165) is 6.07 Å². The second-order valence-electron chi connectivity index (χ2n) is 5.18. The zero-order chi connectivity index (χ0) is 19.0. The Bertz CT molecular complexity index is 975. The Morgan fingerprint density at radius 1 is 1.12 bits per heavy atom. The van der Waals surface area contributed by atoms with Crippen molar-refractivity contribution in [1.82, 2.24) is 4.90 Å². The smallest absolute Gasteiger partial charge is 0.331 e. The normalized spacial score (nSPS) is 12.9. The maximum atomic E-state index is 12.4. The molecule has 3 rings (SSSR count). The Balaban J connectivity index is 1.83. The standard InChI is InChI=1S/C16H8Cl2N2O6/c17-9-4-2-6-11(14(9)18)26-12(21)7-19-15(22)8-3-1-5-10(20(24)25)13(8)16(19)23/h1-6H,7H2. The van der Waals surface area contributed by atoms with Crippen LogP contribution in [0.5, 0.6) is 5.75 Å². The van der Waals surface area contributed by atoms with Crippen molar-refractivity contribution in [3.05, 3.63) is 67.7 Å². The third-order valence-electron chi connectivity index (χ3n) is 3.60. The monoisotopic (exact) mass is 394 g/mol. The number of rotatable bonds is 4. The van der Waals surface area contributed by atoms with Gasteiger partial charge in [0.05, 0.1) is 15.5 Å². The lowest BCUT2D eigenvalue weighted by atomic mass is 10.1. The van der Waals surface area contributed by atoms with Crippen molar-refractivity contribution in [2.24, 2.45) is 0 Å². The van der Waals surface area contributed by atoms with E-state index in [1.54, 1.807) is 0 Å². The average Bonchev–Trinajstić information content (AvgIpc) is 2.84. The first kappa shape index (κ1) is 17.8. The number of imide groups is 1. The molecule has 2 amide bonds. The molecule has 2 aromatic carbocycles. The lowest BCUT2D eigenvalue weighted by Crippen LogP contribution is -2.36. The minimum atomic E-state index is -0.952. The van der Waals surface area contributed by atoms with Crippen molar-refractivity contribution < 1.29 is 24.0 Å². The van der Waals surface area contributed by atoms with Gasteiger partial charge in [-0.15, -0.1) is 0 Å². The topological polar surface area (TPSA) is 107 Å². The number of carbonyl (C=O) groups excluding carboxylic acids is 3. The highest BCUT2D eigenvalue weighted by molar-refractivity contribution is 6.43. The van der Waals surface area contributed by atoms with Gasteiger partial charge in [-0.25, -0.2) is 4.79 Å². The Kier molecular flexibility index (Phi) is 4.62. The molecule has 8 nitrogen and oxygen atoms in total. The predicted octanol–water partition coefficient (Wildman–Crippen LogP) is 3.10. The summed E-state index contributed by atoms with van der Waals surface area (Å²) in [5.74, 6) is -2.74. The number of amides is 2. The molecule has 0 N–H and O–H groups in total. The molecule has 0 atom stereocenters. The van der Waals surface area contributed by atoms with Crippen molar-refractivity contribution >= 4 is 46.7 Å². The van der Waals surface area contributed by atoms with Crippen molar-refractivity contribution in [2.75, 3.05) is 6.54 Å². The summed E-state index contributed by atoms with van der Waals surface area (Å²) in [5.41, 5.74) is -0.997. The van der Waals surface area contributed by atoms with Gasteiger partial charge in [-0.05, 0) is 18.2 Å². The molecule has 26 heavy (non-hydrogen) atoms. The van der Waals surface area contributed by atoms with Crippen molar-refractivity contribution in [3.63, 3.8) is 0 Å². The Morgan fingerprint density at radius 3 is 2.50 bits per heavy atom. The van der Waals surface area contributed by atoms with Gasteiger partial charge in [0, 0.05) is 6.07 Å². The molecular weight excluding hydrogens is 387 g/mol. The molecule has 10 heteroatoms. The number of carbonyl (C=O) groups is 3. The number of nitro groups is 1. The summed E-state index contributed by atoms with van der Waals surface area (Å²) in [4.78, 5) is 47.7. The summed E-state index contributed by atoms with van der Waals surface area (Å²) in [7, 11) is 0. The van der Waals surface area contributed by atoms with Crippen LogP contribution in [-0.2, 0) is 4.79 Å². The third-order valence-corrected chi connectivity index (χ3v) is 4.40. The van der Waals surface area contributed by atoms with Gasteiger partial charge in [-0.3, -0.25) is 24.6 Å². The molecular formula is C16H8Cl2N2O6. The SMILES string of the molecule is O=C(CN1C(=O)c2cccc([N+](=O)[O-])c2C1=O)Oc1cccc(Cl)c1Cl. The number of benzene rings is 2. The molecule has 0 bridgehead atoms. The highest BCUT2D eigenvalue weighted by Gasteiger charge is 2.42. The van der Waals surface area contributed by atoms with Crippen molar-refractivity contribution in [1.29, 1.82) is 0 Å². The fraction of sp³-hybridized carbons (Fsp3) is 0.0625. The summed E-state index contributed by atoms with van der Waals surface area (Å²) in [5, 5.41) is 11.2. The van der Waals surface area contributed by atoms with Crippen LogP contribution in [0.15, 0.2) is 36.4 Å². The van der Waals surface area contributed by atoms with Crippen LogP contribution in [0, 0.1) is 10.1 Å². The molecule has 0 aromatic heterocycles. The van der Waals surface area contributed by atoms with Crippen LogP contribution in [0.2, 0.25) is 10.0 Å². The van der Waals surface area contributed by atoms with Gasteiger partial charge >= 0.3 is 5.97 Å². The molecule has 0 unspecified atom stereocenters. The summed E-state index contributed by atoms with van der Waals surface area (Å²) in [6.45, 7) is -0.730. The fourth-order valence-corrected chi connectivity index (χ4v) is 2.79. The van der Waals surface area contributed by atoms with Crippen LogP contribution in [0.1, 0.15) is 20.7 Å². The van der Waals surface area contributed by atoms with Gasteiger partial charge in [0.15, 0.2) is 5.75 Å². The van der Waals surface area contributed by atoms with Crippen LogP contribution in [0.3, 0.4) is 0 Å². The molecule has 0 aliphatic carbocycles. The maximum Gasteiger partial charge on any atom is 0.331 e. The van der Waals surface area contributed by atoms with Crippen LogP contribution >= 0.6 is 23.2 Å². The summed E-state index contributed by atoms with van der Waals surface area (Å²) < 4.78 is 5.03. The van der Waals surface area contributed by atoms with E-state index in [2.05, 4.69) is 0 Å². The van der Waals surface area contributed by atoms with Crippen LogP contribution in [-0.4, -0.2) is 34.2 Å². The highest BCUT2D eigenvalue weighted by Crippen LogP contribution is 2.33. The lowest BCUT2D eigenvalue weighted by molar-refractivity contribution is -0.385. The predicted molar refractivity (Wildman–Crippen MR) is 90.6 cm³/mol. The largest absolute Gasteiger partial charge is 0.424 e. The van der Waals surface area contributed by atoms with Crippen molar-refractivity contribution in [2.45, 2.75) is 0 Å².